The maximum absolute atomic E-state index is 2.45. The Balaban J connectivity index is 2.07. The zero-order chi connectivity index (χ0) is 18.4. The Labute approximate surface area is 154 Å². The van der Waals surface area contributed by atoms with E-state index in [-0.39, 0.29) is 10.8 Å². The highest BCUT2D eigenvalue weighted by Crippen LogP contribution is 2.46. The molecule has 3 rings (SSSR count). The highest BCUT2D eigenvalue weighted by Gasteiger charge is 2.36. The number of aryl methyl sites for hydroxylation is 2. The van der Waals surface area contributed by atoms with Gasteiger partial charge in [-0.15, -0.1) is 0 Å². The standard InChI is InChI=1S/C25H32/c1-17-8-9-18(2)21(14-17)15-19(3)20-10-11-22-23(16-20)25(6,7)13-12-24(22,4)5/h8-11,14-16H,12-13H2,1-7H3. The van der Waals surface area contributed by atoms with Gasteiger partial charge in [0.25, 0.3) is 0 Å². The summed E-state index contributed by atoms with van der Waals surface area (Å²) < 4.78 is 0. The number of hydrogen-bond donors (Lipinski definition) is 0. The van der Waals surface area contributed by atoms with Crippen molar-refractivity contribution in [2.24, 2.45) is 0 Å². The molecular formula is C25H32. The van der Waals surface area contributed by atoms with Gasteiger partial charge in [0, 0.05) is 0 Å². The average Bonchev–Trinajstić information content (AvgIpc) is 2.55. The van der Waals surface area contributed by atoms with Crippen LogP contribution < -0.4 is 0 Å². The van der Waals surface area contributed by atoms with E-state index in [1.807, 2.05) is 0 Å². The molecule has 0 spiro atoms. The predicted molar refractivity (Wildman–Crippen MR) is 111 cm³/mol. The first-order chi connectivity index (χ1) is 11.6. The minimum absolute atomic E-state index is 0.264. The molecule has 25 heavy (non-hydrogen) atoms. The predicted octanol–water partition coefficient (Wildman–Crippen LogP) is 7.21. The molecule has 0 saturated heterocycles. The van der Waals surface area contributed by atoms with Crippen molar-refractivity contribution >= 4 is 11.6 Å². The largest absolute Gasteiger partial charge is 0.0590 e. The van der Waals surface area contributed by atoms with Crippen molar-refractivity contribution in [2.75, 3.05) is 0 Å². The fourth-order valence-corrected chi connectivity index (χ4v) is 4.07. The summed E-state index contributed by atoms with van der Waals surface area (Å²) in [5.41, 5.74) is 10.3. The van der Waals surface area contributed by atoms with Crippen molar-refractivity contribution in [3.8, 4) is 0 Å². The molecule has 1 aliphatic carbocycles. The second-order valence-corrected chi connectivity index (χ2v) is 9.22. The van der Waals surface area contributed by atoms with Crippen molar-refractivity contribution in [1.29, 1.82) is 0 Å². The van der Waals surface area contributed by atoms with E-state index in [9.17, 15) is 0 Å². The molecular weight excluding hydrogens is 300 g/mol. The monoisotopic (exact) mass is 332 g/mol. The number of hydrogen-bond acceptors (Lipinski definition) is 0. The SMILES string of the molecule is CC(=Cc1cc(C)ccc1C)c1ccc2c(c1)C(C)(C)CCC2(C)C. The lowest BCUT2D eigenvalue weighted by atomic mass is 9.63. The van der Waals surface area contributed by atoms with E-state index in [4.69, 9.17) is 0 Å². The summed E-state index contributed by atoms with van der Waals surface area (Å²) >= 11 is 0. The second kappa shape index (κ2) is 6.16. The van der Waals surface area contributed by atoms with Gasteiger partial charge >= 0.3 is 0 Å². The van der Waals surface area contributed by atoms with Crippen LogP contribution in [0.3, 0.4) is 0 Å². The first-order valence-corrected chi connectivity index (χ1v) is 9.51. The van der Waals surface area contributed by atoms with Crippen LogP contribution in [-0.2, 0) is 10.8 Å². The Hall–Kier alpha value is -1.82. The minimum atomic E-state index is 0.264. The number of rotatable bonds is 2. The molecule has 2 aromatic carbocycles. The maximum Gasteiger partial charge on any atom is -0.0100 e. The Morgan fingerprint density at radius 1 is 0.840 bits per heavy atom. The molecule has 0 heteroatoms. The normalized spacial score (nSPS) is 18.8. The molecule has 0 aromatic heterocycles. The van der Waals surface area contributed by atoms with Crippen LogP contribution in [0.4, 0.5) is 0 Å². The summed E-state index contributed by atoms with van der Waals surface area (Å²) in [7, 11) is 0. The Kier molecular flexibility index (Phi) is 4.43. The van der Waals surface area contributed by atoms with Gasteiger partial charge in [-0.1, -0.05) is 75.7 Å². The Bertz CT molecular complexity index is 831. The van der Waals surface area contributed by atoms with Crippen LogP contribution in [0.5, 0.6) is 0 Å². The second-order valence-electron chi connectivity index (χ2n) is 9.22. The third kappa shape index (κ3) is 3.45. The molecule has 2 aromatic rings. The number of benzene rings is 2. The van der Waals surface area contributed by atoms with Gasteiger partial charge in [-0.05, 0) is 77.8 Å². The quantitative estimate of drug-likeness (QED) is 0.509. The first-order valence-electron chi connectivity index (χ1n) is 9.51. The van der Waals surface area contributed by atoms with Gasteiger partial charge in [0.15, 0.2) is 0 Å². The average molecular weight is 333 g/mol. The fourth-order valence-electron chi connectivity index (χ4n) is 4.07. The molecule has 0 nitrogen and oxygen atoms in total. The van der Waals surface area contributed by atoms with Crippen LogP contribution in [0, 0.1) is 13.8 Å². The molecule has 0 atom stereocenters. The third-order valence-corrected chi connectivity index (χ3v) is 6.11. The summed E-state index contributed by atoms with van der Waals surface area (Å²) in [5.74, 6) is 0. The molecule has 0 amide bonds. The Morgan fingerprint density at radius 3 is 2.16 bits per heavy atom. The molecule has 132 valence electrons. The minimum Gasteiger partial charge on any atom is -0.0590 e. The van der Waals surface area contributed by atoms with E-state index < -0.39 is 0 Å². The molecule has 0 radical (unpaired) electrons. The van der Waals surface area contributed by atoms with Crippen molar-refractivity contribution in [1.82, 2.24) is 0 Å². The fraction of sp³-hybridized carbons (Fsp3) is 0.440. The molecule has 0 bridgehead atoms. The van der Waals surface area contributed by atoms with Gasteiger partial charge in [-0.3, -0.25) is 0 Å². The third-order valence-electron chi connectivity index (χ3n) is 6.11. The van der Waals surface area contributed by atoms with Crippen molar-refractivity contribution < 1.29 is 0 Å². The molecule has 0 N–H and O–H groups in total. The molecule has 0 unspecified atom stereocenters. The zero-order valence-corrected chi connectivity index (χ0v) is 17.0. The lowest BCUT2D eigenvalue weighted by Crippen LogP contribution is -2.33. The molecule has 1 aliphatic rings. The molecule has 0 heterocycles. The highest BCUT2D eigenvalue weighted by molar-refractivity contribution is 5.81. The number of allylic oxidation sites excluding steroid dienone is 1. The summed E-state index contributed by atoms with van der Waals surface area (Å²) in [6.07, 6.45) is 4.87. The lowest BCUT2D eigenvalue weighted by molar-refractivity contribution is 0.332. The van der Waals surface area contributed by atoms with Gasteiger partial charge in [-0.25, -0.2) is 0 Å². The van der Waals surface area contributed by atoms with Gasteiger partial charge in [0.05, 0.1) is 0 Å². The van der Waals surface area contributed by atoms with Crippen LogP contribution in [0.15, 0.2) is 36.4 Å². The Morgan fingerprint density at radius 2 is 1.48 bits per heavy atom. The van der Waals surface area contributed by atoms with E-state index in [1.54, 1.807) is 0 Å². The van der Waals surface area contributed by atoms with Gasteiger partial charge in [0.1, 0.15) is 0 Å². The maximum atomic E-state index is 2.45. The van der Waals surface area contributed by atoms with Crippen LogP contribution in [-0.4, -0.2) is 0 Å². The van der Waals surface area contributed by atoms with Crippen molar-refractivity contribution in [3.63, 3.8) is 0 Å². The summed E-state index contributed by atoms with van der Waals surface area (Å²) in [4.78, 5) is 0. The summed E-state index contributed by atoms with van der Waals surface area (Å²) in [5, 5.41) is 0. The summed E-state index contributed by atoms with van der Waals surface area (Å²) in [6, 6.07) is 13.8. The van der Waals surface area contributed by atoms with Gasteiger partial charge in [0.2, 0.25) is 0 Å². The smallest absolute Gasteiger partial charge is 0.0100 e. The molecule has 0 saturated carbocycles. The van der Waals surface area contributed by atoms with E-state index in [1.165, 1.54) is 51.8 Å². The van der Waals surface area contributed by atoms with Gasteiger partial charge in [-0.2, -0.15) is 0 Å². The highest BCUT2D eigenvalue weighted by atomic mass is 14.4. The molecule has 0 aliphatic heterocycles. The first kappa shape index (κ1) is 18.0. The van der Waals surface area contributed by atoms with Crippen LogP contribution in [0.1, 0.15) is 80.8 Å². The number of fused-ring (bicyclic) bond motifs is 1. The van der Waals surface area contributed by atoms with Crippen LogP contribution in [0.2, 0.25) is 0 Å². The summed E-state index contributed by atoms with van der Waals surface area (Å²) in [6.45, 7) is 16.2. The van der Waals surface area contributed by atoms with Crippen LogP contribution in [0.25, 0.3) is 11.6 Å². The van der Waals surface area contributed by atoms with E-state index >= 15 is 0 Å². The van der Waals surface area contributed by atoms with Crippen LogP contribution >= 0.6 is 0 Å². The van der Waals surface area contributed by atoms with E-state index in [0.29, 0.717) is 0 Å². The van der Waals surface area contributed by atoms with E-state index in [0.717, 1.165) is 0 Å². The van der Waals surface area contributed by atoms with Crippen molar-refractivity contribution in [3.05, 3.63) is 69.8 Å². The zero-order valence-electron chi connectivity index (χ0n) is 17.0. The topological polar surface area (TPSA) is 0 Å². The molecule has 0 fully saturated rings. The van der Waals surface area contributed by atoms with Gasteiger partial charge < -0.3 is 0 Å². The lowest BCUT2D eigenvalue weighted by Gasteiger charge is -2.42. The van der Waals surface area contributed by atoms with Crippen molar-refractivity contribution in [2.45, 2.75) is 72.1 Å². The van der Waals surface area contributed by atoms with E-state index in [2.05, 4.69) is 90.9 Å².